The Morgan fingerprint density at radius 2 is 1.59 bits per heavy atom. The van der Waals surface area contributed by atoms with Crippen LogP contribution in [0.15, 0.2) is 73.2 Å². The van der Waals surface area contributed by atoms with Crippen LogP contribution < -0.4 is 5.73 Å². The van der Waals surface area contributed by atoms with Crippen molar-refractivity contribution in [1.29, 1.82) is 0 Å². The predicted molar refractivity (Wildman–Crippen MR) is 139 cm³/mol. The Hall–Kier alpha value is -3.86. The molecule has 1 aliphatic rings. The number of nitrogens with zero attached hydrogens (tertiary/aromatic N) is 3. The molecule has 0 radical (unpaired) electrons. The van der Waals surface area contributed by atoms with Crippen LogP contribution in [-0.4, -0.2) is 19.9 Å². The number of benzene rings is 2. The third kappa shape index (κ3) is 4.46. The van der Waals surface area contributed by atoms with E-state index < -0.39 is 0 Å². The van der Waals surface area contributed by atoms with Crippen LogP contribution in [-0.2, 0) is 20.5 Å². The van der Waals surface area contributed by atoms with Crippen LogP contribution in [0.1, 0.15) is 52.9 Å². The number of aryl methyl sites for hydroxylation is 2. The molecule has 1 fully saturated rings. The lowest BCUT2D eigenvalue weighted by Crippen LogP contribution is -2.05. The third-order valence-corrected chi connectivity index (χ3v) is 6.66. The monoisotopic (exact) mass is 450 g/mol. The van der Waals surface area contributed by atoms with Crippen molar-refractivity contribution in [3.63, 3.8) is 0 Å². The number of anilines is 1. The van der Waals surface area contributed by atoms with Gasteiger partial charge in [-0.25, -0.2) is 0 Å². The normalized spacial score (nSPS) is 13.1. The predicted octanol–water partition coefficient (Wildman–Crippen LogP) is 6.00. The van der Waals surface area contributed by atoms with Crippen LogP contribution >= 0.6 is 0 Å². The lowest BCUT2D eigenvalue weighted by Gasteiger charge is -2.09. The zero-order valence-corrected chi connectivity index (χ0v) is 20.0. The average Bonchev–Trinajstić information content (AvgIpc) is 3.53. The fourth-order valence-corrected chi connectivity index (χ4v) is 4.49. The van der Waals surface area contributed by atoms with E-state index >= 15 is 0 Å². The van der Waals surface area contributed by atoms with Gasteiger partial charge in [0.1, 0.15) is 0 Å². The molecule has 2 N–H and O–H groups in total. The maximum absolute atomic E-state index is 12.0. The van der Waals surface area contributed by atoms with Gasteiger partial charge in [-0.05, 0) is 84.0 Å². The molecule has 5 aromatic rings. The summed E-state index contributed by atoms with van der Waals surface area (Å²) in [6.07, 6.45) is 9.20. The van der Waals surface area contributed by atoms with Crippen molar-refractivity contribution in [2.24, 2.45) is 14.1 Å². The summed E-state index contributed by atoms with van der Waals surface area (Å²) in [7, 11) is 4.07. The summed E-state index contributed by atoms with van der Waals surface area (Å²) in [5, 5.41) is 2.47. The number of aromatic nitrogens is 3. The van der Waals surface area contributed by atoms with E-state index in [-0.39, 0.29) is 5.78 Å². The Morgan fingerprint density at radius 1 is 0.941 bits per heavy atom. The molecule has 2 aromatic carbocycles. The van der Waals surface area contributed by atoms with Crippen molar-refractivity contribution in [1.82, 2.24) is 14.1 Å². The minimum absolute atomic E-state index is 0.106. The quantitative estimate of drug-likeness (QED) is 0.270. The first-order valence-corrected chi connectivity index (χ1v) is 11.7. The van der Waals surface area contributed by atoms with Crippen molar-refractivity contribution in [3.05, 3.63) is 95.6 Å². The van der Waals surface area contributed by atoms with Crippen molar-refractivity contribution in [2.45, 2.75) is 32.1 Å². The zero-order chi connectivity index (χ0) is 23.8. The Bertz CT molecular complexity index is 1500. The highest BCUT2D eigenvalue weighted by Crippen LogP contribution is 2.40. The highest BCUT2D eigenvalue weighted by molar-refractivity contribution is 5.95. The molecular formula is C29H30N4O. The van der Waals surface area contributed by atoms with E-state index in [0.717, 1.165) is 16.9 Å². The molecular weight excluding hydrogens is 420 g/mol. The number of carbonyl (C=O) groups is 1. The Kier molecular flexibility index (Phi) is 5.70. The van der Waals surface area contributed by atoms with E-state index in [1.807, 2.05) is 37.6 Å². The van der Waals surface area contributed by atoms with E-state index in [1.165, 1.54) is 45.8 Å². The van der Waals surface area contributed by atoms with Crippen LogP contribution in [0.3, 0.4) is 0 Å². The number of carbonyl (C=O) groups excluding carboxylic acids is 1. The number of Topliss-reactive ketones (excluding diaryl/α,β-unsaturated/α-hetero) is 1. The molecule has 5 nitrogen and oxygen atoms in total. The smallest absolute Gasteiger partial charge is 0.161 e. The minimum atomic E-state index is 0.106. The first kappa shape index (κ1) is 22.0. The lowest BCUT2D eigenvalue weighted by molar-refractivity contribution is 0.101. The summed E-state index contributed by atoms with van der Waals surface area (Å²) < 4.78 is 4.18. The second-order valence-electron chi connectivity index (χ2n) is 9.33. The highest BCUT2D eigenvalue weighted by Gasteiger charge is 2.25. The van der Waals surface area contributed by atoms with Gasteiger partial charge in [-0.15, -0.1) is 0 Å². The van der Waals surface area contributed by atoms with Crippen molar-refractivity contribution < 1.29 is 4.79 Å². The third-order valence-electron chi connectivity index (χ3n) is 6.66. The summed E-state index contributed by atoms with van der Waals surface area (Å²) in [5.41, 5.74) is 12.9. The fraction of sp³-hybridized carbons (Fsp3) is 0.241. The highest BCUT2D eigenvalue weighted by atomic mass is 16.1. The molecule has 1 saturated carbocycles. The summed E-state index contributed by atoms with van der Waals surface area (Å²) in [6.45, 7) is 1.64. The molecule has 1 aliphatic carbocycles. The molecule has 0 bridgehead atoms. The molecule has 0 amide bonds. The van der Waals surface area contributed by atoms with Gasteiger partial charge in [0, 0.05) is 61.4 Å². The van der Waals surface area contributed by atoms with Gasteiger partial charge in [0.2, 0.25) is 0 Å². The number of ketones is 1. The van der Waals surface area contributed by atoms with Gasteiger partial charge >= 0.3 is 0 Å². The van der Waals surface area contributed by atoms with Gasteiger partial charge in [-0.3, -0.25) is 9.78 Å². The number of pyridine rings is 1. The van der Waals surface area contributed by atoms with Crippen LogP contribution in [0, 0.1) is 0 Å². The molecule has 6 rings (SSSR count). The van der Waals surface area contributed by atoms with E-state index in [4.69, 9.17) is 5.73 Å². The van der Waals surface area contributed by atoms with E-state index in [9.17, 15) is 4.79 Å². The number of fused-ring (bicyclic) bond motifs is 2. The van der Waals surface area contributed by atoms with E-state index in [2.05, 4.69) is 63.8 Å². The molecule has 0 spiro atoms. The van der Waals surface area contributed by atoms with E-state index in [0.29, 0.717) is 12.3 Å². The number of rotatable bonds is 4. The lowest BCUT2D eigenvalue weighted by atomic mass is 9.99. The van der Waals surface area contributed by atoms with Crippen molar-refractivity contribution >= 4 is 33.3 Å². The molecule has 0 saturated heterocycles. The van der Waals surface area contributed by atoms with Crippen LogP contribution in [0.25, 0.3) is 21.8 Å². The van der Waals surface area contributed by atoms with Gasteiger partial charge in [-0.2, -0.15) is 0 Å². The van der Waals surface area contributed by atoms with Crippen molar-refractivity contribution in [2.75, 3.05) is 5.73 Å². The molecule has 5 heteroatoms. The molecule has 3 heterocycles. The van der Waals surface area contributed by atoms with Crippen LogP contribution in [0.2, 0.25) is 0 Å². The van der Waals surface area contributed by atoms with Gasteiger partial charge in [0.25, 0.3) is 0 Å². The summed E-state index contributed by atoms with van der Waals surface area (Å²) in [4.78, 5) is 16.7. The Labute approximate surface area is 199 Å². The Balaban J connectivity index is 0.000000183. The first-order chi connectivity index (χ1) is 16.4. The molecule has 0 atom stereocenters. The maximum atomic E-state index is 12.0. The van der Waals surface area contributed by atoms with Crippen LogP contribution in [0.4, 0.5) is 5.69 Å². The molecule has 0 unspecified atom stereocenters. The van der Waals surface area contributed by atoms with Crippen molar-refractivity contribution in [3.8, 4) is 0 Å². The molecule has 34 heavy (non-hydrogen) atoms. The second-order valence-corrected chi connectivity index (χ2v) is 9.33. The molecule has 172 valence electrons. The second kappa shape index (κ2) is 8.82. The summed E-state index contributed by atoms with van der Waals surface area (Å²) in [6, 6.07) is 18.6. The van der Waals surface area contributed by atoms with Gasteiger partial charge in [0.15, 0.2) is 5.78 Å². The first-order valence-electron chi connectivity index (χ1n) is 11.7. The van der Waals surface area contributed by atoms with E-state index in [1.54, 1.807) is 6.92 Å². The fourth-order valence-electron chi connectivity index (χ4n) is 4.49. The standard InChI is InChI=1S/C20H20N2O.C9H10N2/c1-13(23)18-11-17(15-5-6-15)12-21-19(18)9-14-3-4-16-7-8-22(2)20(16)10-14;1-11-5-4-7-2-3-8(10)6-9(7)11/h3-4,7-8,10-12,15H,5-6,9H2,1-2H3;2-6H,10H2,1H3. The summed E-state index contributed by atoms with van der Waals surface area (Å²) in [5.74, 6) is 0.726. The largest absolute Gasteiger partial charge is 0.399 e. The Morgan fingerprint density at radius 3 is 2.24 bits per heavy atom. The number of nitrogen functional groups attached to an aromatic ring is 1. The van der Waals surface area contributed by atoms with Gasteiger partial charge < -0.3 is 14.9 Å². The SMILES string of the molecule is CC(=O)c1cc(C2CC2)cnc1Cc1ccc2ccn(C)c2c1.Cn1ccc2ccc(N)cc21. The number of hydrogen-bond acceptors (Lipinski definition) is 3. The number of nitrogens with two attached hydrogens (primary N) is 1. The topological polar surface area (TPSA) is 65.8 Å². The van der Waals surface area contributed by atoms with Gasteiger partial charge in [0.05, 0.1) is 5.69 Å². The summed E-state index contributed by atoms with van der Waals surface area (Å²) >= 11 is 0. The average molecular weight is 451 g/mol. The molecule has 0 aliphatic heterocycles. The van der Waals surface area contributed by atoms with Gasteiger partial charge in [-0.1, -0.05) is 18.2 Å². The molecule has 3 aromatic heterocycles. The minimum Gasteiger partial charge on any atom is -0.399 e. The van der Waals surface area contributed by atoms with Crippen LogP contribution in [0.5, 0.6) is 0 Å². The number of hydrogen-bond donors (Lipinski definition) is 1. The zero-order valence-electron chi connectivity index (χ0n) is 20.0. The maximum Gasteiger partial charge on any atom is 0.161 e.